The van der Waals surface area contributed by atoms with Crippen LogP contribution >= 0.6 is 11.6 Å². The molecule has 0 spiro atoms. The van der Waals surface area contributed by atoms with Gasteiger partial charge in [0.2, 0.25) is 0 Å². The molecule has 62 valence electrons. The van der Waals surface area contributed by atoms with Gasteiger partial charge in [0.25, 0.3) is 0 Å². The number of halogens is 1. The highest BCUT2D eigenvalue weighted by atomic mass is 35.5. The van der Waals surface area contributed by atoms with E-state index in [2.05, 4.69) is 0 Å². The summed E-state index contributed by atoms with van der Waals surface area (Å²) in [7, 11) is 1.00. The van der Waals surface area contributed by atoms with Gasteiger partial charge in [-0.3, -0.25) is 0 Å². The van der Waals surface area contributed by atoms with Crippen molar-refractivity contribution in [1.29, 1.82) is 0 Å². The van der Waals surface area contributed by atoms with E-state index in [4.69, 9.17) is 21.8 Å². The van der Waals surface area contributed by atoms with Crippen LogP contribution in [0.3, 0.4) is 0 Å². The summed E-state index contributed by atoms with van der Waals surface area (Å²) in [5.41, 5.74) is 0.777. The van der Waals surface area contributed by atoms with E-state index in [1.54, 1.807) is 18.2 Å². The number of aromatic hydroxyl groups is 1. The largest absolute Gasteiger partial charge is 0.508 e. The lowest BCUT2D eigenvalue weighted by Crippen LogP contribution is -1.75. The number of para-hydroxylation sites is 1. The van der Waals surface area contributed by atoms with Crippen LogP contribution in [0.5, 0.6) is 5.75 Å². The maximum Gasteiger partial charge on any atom is 0.119 e. The van der Waals surface area contributed by atoms with Gasteiger partial charge < -0.3 is 10.2 Å². The Balaban J connectivity index is 0.000000461. The van der Waals surface area contributed by atoms with E-state index < -0.39 is 0 Å². The van der Waals surface area contributed by atoms with Crippen molar-refractivity contribution in [3.63, 3.8) is 0 Å². The van der Waals surface area contributed by atoms with E-state index in [-0.39, 0.29) is 5.75 Å². The summed E-state index contributed by atoms with van der Waals surface area (Å²) >= 11 is 5.47. The molecule has 0 aliphatic heterocycles. The van der Waals surface area contributed by atoms with E-state index >= 15 is 0 Å². The number of rotatable bonds is 1. The van der Waals surface area contributed by atoms with Gasteiger partial charge in [-0.2, -0.15) is 0 Å². The van der Waals surface area contributed by atoms with Gasteiger partial charge >= 0.3 is 0 Å². The fourth-order valence-electron chi connectivity index (χ4n) is 0.624. The Bertz CT molecular complexity index is 201. The average Bonchev–Trinajstić information content (AvgIpc) is 2.09. The summed E-state index contributed by atoms with van der Waals surface area (Å²) in [4.78, 5) is 0. The molecule has 2 nitrogen and oxygen atoms in total. The standard InChI is InChI=1S/C7H7ClO.CH4O/c8-5-6-3-1-2-4-7(6)9;1-2/h1-4,9H,5H2;2H,1H3. The van der Waals surface area contributed by atoms with Crippen molar-refractivity contribution in [2.24, 2.45) is 0 Å². The van der Waals surface area contributed by atoms with Gasteiger partial charge in [0.15, 0.2) is 0 Å². The molecule has 1 aromatic rings. The second-order valence-electron chi connectivity index (χ2n) is 1.76. The Kier molecular flexibility index (Phi) is 5.61. The number of aliphatic hydroxyl groups is 1. The van der Waals surface area contributed by atoms with Crippen molar-refractivity contribution < 1.29 is 10.2 Å². The van der Waals surface area contributed by atoms with E-state index in [1.807, 2.05) is 6.07 Å². The molecule has 0 amide bonds. The van der Waals surface area contributed by atoms with Crippen LogP contribution in [0.2, 0.25) is 0 Å². The van der Waals surface area contributed by atoms with Crippen molar-refractivity contribution >= 4 is 11.6 Å². The lowest BCUT2D eigenvalue weighted by Gasteiger charge is -1.95. The highest BCUT2D eigenvalue weighted by Gasteiger charge is 1.93. The average molecular weight is 175 g/mol. The Morgan fingerprint density at radius 2 is 1.82 bits per heavy atom. The molecule has 0 atom stereocenters. The van der Waals surface area contributed by atoms with E-state index in [1.165, 1.54) is 0 Å². The molecule has 0 unspecified atom stereocenters. The molecule has 3 heteroatoms. The van der Waals surface area contributed by atoms with Crippen molar-refractivity contribution in [3.05, 3.63) is 29.8 Å². The first-order chi connectivity index (χ1) is 5.34. The fraction of sp³-hybridized carbons (Fsp3) is 0.250. The number of alkyl halides is 1. The second kappa shape index (κ2) is 6.01. The highest BCUT2D eigenvalue weighted by Crippen LogP contribution is 2.16. The van der Waals surface area contributed by atoms with Gasteiger partial charge in [0.1, 0.15) is 5.75 Å². The summed E-state index contributed by atoms with van der Waals surface area (Å²) in [5.74, 6) is 0.639. The molecule has 0 radical (unpaired) electrons. The normalized spacial score (nSPS) is 8.27. The zero-order valence-electron chi connectivity index (χ0n) is 6.29. The minimum absolute atomic E-state index is 0.271. The maximum atomic E-state index is 9.03. The molecule has 0 aliphatic carbocycles. The molecule has 0 fully saturated rings. The molecule has 1 aromatic carbocycles. The first kappa shape index (κ1) is 10.3. The van der Waals surface area contributed by atoms with Gasteiger partial charge in [-0.1, -0.05) is 18.2 Å². The van der Waals surface area contributed by atoms with Crippen LogP contribution in [0.4, 0.5) is 0 Å². The van der Waals surface area contributed by atoms with Gasteiger partial charge in [-0.15, -0.1) is 11.6 Å². The lowest BCUT2D eigenvalue weighted by atomic mass is 10.2. The van der Waals surface area contributed by atoms with Crippen LogP contribution < -0.4 is 0 Å². The number of hydrogen-bond donors (Lipinski definition) is 2. The molecule has 2 N–H and O–H groups in total. The van der Waals surface area contributed by atoms with Crippen molar-refractivity contribution in [1.82, 2.24) is 0 Å². The number of hydrogen-bond acceptors (Lipinski definition) is 2. The summed E-state index contributed by atoms with van der Waals surface area (Å²) < 4.78 is 0. The predicted molar refractivity (Wildman–Crippen MR) is 45.8 cm³/mol. The zero-order chi connectivity index (χ0) is 8.69. The number of phenolic OH excluding ortho intramolecular Hbond substituents is 1. The number of aliphatic hydroxyl groups excluding tert-OH is 1. The number of phenols is 1. The third kappa shape index (κ3) is 3.25. The van der Waals surface area contributed by atoms with Gasteiger partial charge in [0.05, 0.1) is 5.88 Å². The monoisotopic (exact) mass is 174 g/mol. The molecule has 11 heavy (non-hydrogen) atoms. The van der Waals surface area contributed by atoms with Crippen LogP contribution in [0.1, 0.15) is 5.56 Å². The zero-order valence-corrected chi connectivity index (χ0v) is 7.04. The Morgan fingerprint density at radius 1 is 1.27 bits per heavy atom. The van der Waals surface area contributed by atoms with Crippen molar-refractivity contribution in [3.8, 4) is 5.75 Å². The SMILES string of the molecule is CO.Oc1ccccc1CCl. The molecule has 0 aliphatic rings. The van der Waals surface area contributed by atoms with E-state index in [0.717, 1.165) is 12.7 Å². The van der Waals surface area contributed by atoms with Crippen LogP contribution in [-0.2, 0) is 5.88 Å². The molecular formula is C8H11ClO2. The second-order valence-corrected chi connectivity index (χ2v) is 2.03. The first-order valence-electron chi connectivity index (χ1n) is 3.12. The van der Waals surface area contributed by atoms with Gasteiger partial charge in [-0.25, -0.2) is 0 Å². The molecule has 0 saturated carbocycles. The number of benzene rings is 1. The first-order valence-corrected chi connectivity index (χ1v) is 3.65. The van der Waals surface area contributed by atoms with Crippen LogP contribution in [0.25, 0.3) is 0 Å². The minimum atomic E-state index is 0.271. The summed E-state index contributed by atoms with van der Waals surface area (Å²) in [6.45, 7) is 0. The van der Waals surface area contributed by atoms with E-state index in [0.29, 0.717) is 5.88 Å². The molecule has 0 saturated heterocycles. The quantitative estimate of drug-likeness (QED) is 0.637. The summed E-state index contributed by atoms with van der Waals surface area (Å²) in [5, 5.41) is 16.0. The molecule has 0 heterocycles. The highest BCUT2D eigenvalue weighted by molar-refractivity contribution is 6.17. The van der Waals surface area contributed by atoms with Gasteiger partial charge in [-0.05, 0) is 6.07 Å². The molecule has 0 aromatic heterocycles. The molecule has 0 bridgehead atoms. The third-order valence-electron chi connectivity index (χ3n) is 1.14. The van der Waals surface area contributed by atoms with Crippen molar-refractivity contribution in [2.75, 3.05) is 7.11 Å². The summed E-state index contributed by atoms with van der Waals surface area (Å²) in [6.07, 6.45) is 0. The Labute approximate surface area is 71.1 Å². The predicted octanol–water partition coefficient (Wildman–Crippen LogP) is 1.74. The topological polar surface area (TPSA) is 40.5 Å². The smallest absolute Gasteiger partial charge is 0.119 e. The maximum absolute atomic E-state index is 9.03. The minimum Gasteiger partial charge on any atom is -0.508 e. The Morgan fingerprint density at radius 3 is 2.18 bits per heavy atom. The molecular weight excluding hydrogens is 164 g/mol. The van der Waals surface area contributed by atoms with Crippen LogP contribution in [0, 0.1) is 0 Å². The fourth-order valence-corrected chi connectivity index (χ4v) is 0.850. The van der Waals surface area contributed by atoms with Gasteiger partial charge in [0, 0.05) is 12.7 Å². The van der Waals surface area contributed by atoms with E-state index in [9.17, 15) is 0 Å². The van der Waals surface area contributed by atoms with Crippen molar-refractivity contribution in [2.45, 2.75) is 5.88 Å². The third-order valence-corrected chi connectivity index (χ3v) is 1.42. The summed E-state index contributed by atoms with van der Waals surface area (Å²) in [6, 6.07) is 7.03. The van der Waals surface area contributed by atoms with Crippen LogP contribution in [-0.4, -0.2) is 17.3 Å². The lowest BCUT2D eigenvalue weighted by molar-refractivity contribution is 0.399. The molecule has 1 rings (SSSR count). The van der Waals surface area contributed by atoms with Crippen LogP contribution in [0.15, 0.2) is 24.3 Å². The Hall–Kier alpha value is -0.730.